The molecule has 0 aromatic heterocycles. The van der Waals surface area contributed by atoms with Crippen LogP contribution in [0.1, 0.15) is 46.0 Å². The maximum absolute atomic E-state index is 5.47. The molecule has 0 amide bonds. The lowest BCUT2D eigenvalue weighted by atomic mass is 9.78. The van der Waals surface area contributed by atoms with Gasteiger partial charge in [0.25, 0.3) is 0 Å². The van der Waals surface area contributed by atoms with Crippen LogP contribution < -0.4 is 11.1 Å². The standard InChI is InChI=1S/C12H26N2/c1-10-6-5-7-12(11(10)2)14-9-4-3-8-13/h10-12,14H,3-9,13H2,1-2H3. The van der Waals surface area contributed by atoms with Crippen LogP contribution in [0.25, 0.3) is 0 Å². The maximum atomic E-state index is 5.47. The molecule has 3 N–H and O–H groups in total. The Morgan fingerprint density at radius 3 is 2.71 bits per heavy atom. The third-order valence-corrected chi connectivity index (χ3v) is 3.74. The van der Waals surface area contributed by atoms with Crippen molar-refractivity contribution >= 4 is 0 Å². The van der Waals surface area contributed by atoms with Gasteiger partial charge in [-0.2, -0.15) is 0 Å². The molecule has 0 aliphatic heterocycles. The van der Waals surface area contributed by atoms with E-state index in [2.05, 4.69) is 19.2 Å². The van der Waals surface area contributed by atoms with Crippen LogP contribution in [0.4, 0.5) is 0 Å². The van der Waals surface area contributed by atoms with E-state index in [0.29, 0.717) is 0 Å². The molecule has 2 heteroatoms. The predicted octanol–water partition coefficient (Wildman–Crippen LogP) is 2.14. The van der Waals surface area contributed by atoms with Gasteiger partial charge in [0.2, 0.25) is 0 Å². The molecule has 0 spiro atoms. The smallest absolute Gasteiger partial charge is 0.00952 e. The summed E-state index contributed by atoms with van der Waals surface area (Å²) < 4.78 is 0. The molecule has 0 saturated heterocycles. The van der Waals surface area contributed by atoms with Crippen LogP contribution in [0.5, 0.6) is 0 Å². The van der Waals surface area contributed by atoms with E-state index in [4.69, 9.17) is 5.73 Å². The van der Waals surface area contributed by atoms with Crippen LogP contribution in [0.15, 0.2) is 0 Å². The number of nitrogens with two attached hydrogens (primary N) is 1. The number of hydrogen-bond acceptors (Lipinski definition) is 2. The number of nitrogens with one attached hydrogen (secondary N) is 1. The van der Waals surface area contributed by atoms with Crippen molar-refractivity contribution in [3.63, 3.8) is 0 Å². The van der Waals surface area contributed by atoms with Gasteiger partial charge >= 0.3 is 0 Å². The Morgan fingerprint density at radius 1 is 1.21 bits per heavy atom. The number of hydrogen-bond donors (Lipinski definition) is 2. The van der Waals surface area contributed by atoms with Crippen LogP contribution in [0.3, 0.4) is 0 Å². The summed E-state index contributed by atoms with van der Waals surface area (Å²) in [7, 11) is 0. The highest BCUT2D eigenvalue weighted by atomic mass is 14.9. The Bertz CT molecular complexity index is 147. The van der Waals surface area contributed by atoms with E-state index in [1.165, 1.54) is 25.7 Å². The van der Waals surface area contributed by atoms with Gasteiger partial charge in [-0.05, 0) is 44.2 Å². The quantitative estimate of drug-likeness (QED) is 0.664. The van der Waals surface area contributed by atoms with E-state index in [1.54, 1.807) is 0 Å². The first-order valence-corrected chi connectivity index (χ1v) is 6.19. The normalized spacial score (nSPS) is 33.2. The highest BCUT2D eigenvalue weighted by Crippen LogP contribution is 2.29. The van der Waals surface area contributed by atoms with E-state index in [-0.39, 0.29) is 0 Å². The molecule has 1 saturated carbocycles. The minimum Gasteiger partial charge on any atom is -0.330 e. The van der Waals surface area contributed by atoms with Gasteiger partial charge in [0, 0.05) is 6.04 Å². The lowest BCUT2D eigenvalue weighted by Crippen LogP contribution is -2.41. The molecule has 3 atom stereocenters. The summed E-state index contributed by atoms with van der Waals surface area (Å²) in [5.41, 5.74) is 5.47. The first kappa shape index (κ1) is 12.0. The summed E-state index contributed by atoms with van der Waals surface area (Å²) >= 11 is 0. The largest absolute Gasteiger partial charge is 0.330 e. The van der Waals surface area contributed by atoms with Crippen LogP contribution in [-0.4, -0.2) is 19.1 Å². The van der Waals surface area contributed by atoms with Gasteiger partial charge in [-0.1, -0.05) is 26.7 Å². The van der Waals surface area contributed by atoms with Crippen LogP contribution in [0, 0.1) is 11.8 Å². The zero-order valence-corrected chi connectivity index (χ0v) is 9.76. The van der Waals surface area contributed by atoms with Crippen molar-refractivity contribution in [2.45, 2.75) is 52.0 Å². The lowest BCUT2D eigenvalue weighted by Gasteiger charge is -2.34. The van der Waals surface area contributed by atoms with Gasteiger partial charge in [0.15, 0.2) is 0 Å². The van der Waals surface area contributed by atoms with Gasteiger partial charge in [-0.15, -0.1) is 0 Å². The van der Waals surface area contributed by atoms with Crippen molar-refractivity contribution in [3.05, 3.63) is 0 Å². The van der Waals surface area contributed by atoms with Crippen molar-refractivity contribution in [2.75, 3.05) is 13.1 Å². The molecule has 0 aromatic carbocycles. The Labute approximate surface area is 88.6 Å². The second kappa shape index (κ2) is 6.41. The summed E-state index contributed by atoms with van der Waals surface area (Å²) in [6, 6.07) is 0.761. The predicted molar refractivity (Wildman–Crippen MR) is 62.3 cm³/mol. The van der Waals surface area contributed by atoms with Crippen LogP contribution in [0.2, 0.25) is 0 Å². The first-order valence-electron chi connectivity index (χ1n) is 6.19. The zero-order chi connectivity index (χ0) is 10.4. The molecule has 84 valence electrons. The minimum absolute atomic E-state index is 0.761. The molecule has 1 aliphatic carbocycles. The van der Waals surface area contributed by atoms with Crippen molar-refractivity contribution in [3.8, 4) is 0 Å². The summed E-state index contributed by atoms with van der Waals surface area (Å²) in [5.74, 6) is 1.75. The van der Waals surface area contributed by atoms with Crippen molar-refractivity contribution < 1.29 is 0 Å². The molecule has 14 heavy (non-hydrogen) atoms. The number of rotatable bonds is 5. The van der Waals surface area contributed by atoms with Gasteiger partial charge in [-0.25, -0.2) is 0 Å². The number of unbranched alkanes of at least 4 members (excludes halogenated alkanes) is 1. The Morgan fingerprint density at radius 2 is 2.00 bits per heavy atom. The summed E-state index contributed by atoms with van der Waals surface area (Å²) in [5, 5.41) is 3.68. The second-order valence-electron chi connectivity index (χ2n) is 4.82. The van der Waals surface area contributed by atoms with Gasteiger partial charge in [0.05, 0.1) is 0 Å². The fraction of sp³-hybridized carbons (Fsp3) is 1.00. The second-order valence-corrected chi connectivity index (χ2v) is 4.82. The molecule has 0 heterocycles. The van der Waals surface area contributed by atoms with Gasteiger partial charge in [-0.3, -0.25) is 0 Å². The fourth-order valence-electron chi connectivity index (χ4n) is 2.43. The maximum Gasteiger partial charge on any atom is 0.00952 e. The molecule has 1 fully saturated rings. The zero-order valence-electron chi connectivity index (χ0n) is 9.76. The molecule has 2 nitrogen and oxygen atoms in total. The molecular formula is C12H26N2. The van der Waals surface area contributed by atoms with Crippen molar-refractivity contribution in [1.29, 1.82) is 0 Å². The third-order valence-electron chi connectivity index (χ3n) is 3.74. The minimum atomic E-state index is 0.761. The first-order chi connectivity index (χ1) is 6.75. The Balaban J connectivity index is 2.15. The summed E-state index contributed by atoms with van der Waals surface area (Å²) in [6.45, 7) is 6.76. The van der Waals surface area contributed by atoms with Gasteiger partial charge < -0.3 is 11.1 Å². The average Bonchev–Trinajstić information content (AvgIpc) is 2.19. The summed E-state index contributed by atoms with van der Waals surface area (Å²) in [4.78, 5) is 0. The average molecular weight is 198 g/mol. The van der Waals surface area contributed by atoms with E-state index in [1.807, 2.05) is 0 Å². The monoisotopic (exact) mass is 198 g/mol. The molecule has 0 aromatic rings. The van der Waals surface area contributed by atoms with E-state index < -0.39 is 0 Å². The van der Waals surface area contributed by atoms with E-state index >= 15 is 0 Å². The Kier molecular flexibility index (Phi) is 5.49. The third kappa shape index (κ3) is 3.58. The van der Waals surface area contributed by atoms with Crippen LogP contribution in [-0.2, 0) is 0 Å². The molecular weight excluding hydrogens is 172 g/mol. The van der Waals surface area contributed by atoms with E-state index in [0.717, 1.165) is 37.4 Å². The topological polar surface area (TPSA) is 38.0 Å². The lowest BCUT2D eigenvalue weighted by molar-refractivity contribution is 0.207. The van der Waals surface area contributed by atoms with Gasteiger partial charge in [0.1, 0.15) is 0 Å². The van der Waals surface area contributed by atoms with Crippen molar-refractivity contribution in [2.24, 2.45) is 17.6 Å². The Hall–Kier alpha value is -0.0800. The summed E-state index contributed by atoms with van der Waals surface area (Å²) in [6.07, 6.45) is 6.58. The molecule has 1 aliphatic rings. The van der Waals surface area contributed by atoms with Crippen molar-refractivity contribution in [1.82, 2.24) is 5.32 Å². The highest BCUT2D eigenvalue weighted by Gasteiger charge is 2.25. The SMILES string of the molecule is CC1CCCC(NCCCCN)C1C. The molecule has 0 bridgehead atoms. The highest BCUT2D eigenvalue weighted by molar-refractivity contribution is 4.81. The fourth-order valence-corrected chi connectivity index (χ4v) is 2.43. The molecule has 1 rings (SSSR count). The van der Waals surface area contributed by atoms with Crippen LogP contribution >= 0.6 is 0 Å². The molecule has 0 radical (unpaired) electrons. The van der Waals surface area contributed by atoms with E-state index in [9.17, 15) is 0 Å². The molecule has 3 unspecified atom stereocenters.